The fourth-order valence-corrected chi connectivity index (χ4v) is 1.34. The molecule has 17 heavy (non-hydrogen) atoms. The second kappa shape index (κ2) is 5.49. The van der Waals surface area contributed by atoms with Crippen LogP contribution in [0.15, 0.2) is 18.2 Å². The minimum atomic E-state index is -0.486. The predicted molar refractivity (Wildman–Crippen MR) is 66.8 cm³/mol. The second-order valence-corrected chi connectivity index (χ2v) is 4.12. The van der Waals surface area contributed by atoms with Gasteiger partial charge in [-0.15, -0.1) is 0 Å². The minimum Gasteiger partial charge on any atom is -0.397 e. The summed E-state index contributed by atoms with van der Waals surface area (Å²) in [6.45, 7) is 3.89. The summed E-state index contributed by atoms with van der Waals surface area (Å²) in [5.41, 5.74) is 6.66. The zero-order chi connectivity index (χ0) is 13.0. The van der Waals surface area contributed by atoms with Crippen molar-refractivity contribution < 1.29 is 10.0 Å². The van der Waals surface area contributed by atoms with E-state index in [4.69, 9.17) is 10.8 Å². The molecule has 0 aliphatic heterocycles. The smallest absolute Gasteiger partial charge is 0.271 e. The SMILES string of the molecule is CC(CO)C(C)Nc1ccc([N+](=O)[O-])cc1N. The number of aliphatic hydroxyl groups excluding tert-OH is 1. The molecule has 2 atom stereocenters. The van der Waals surface area contributed by atoms with Gasteiger partial charge in [-0.05, 0) is 18.9 Å². The Balaban J connectivity index is 2.82. The molecule has 2 unspecified atom stereocenters. The molecular formula is C11H17N3O3. The number of nitrogens with one attached hydrogen (secondary N) is 1. The first-order valence-corrected chi connectivity index (χ1v) is 5.37. The average Bonchev–Trinajstić information content (AvgIpc) is 2.30. The Labute approximate surface area is 99.6 Å². The minimum absolute atomic E-state index is 0.0313. The van der Waals surface area contributed by atoms with Crippen molar-refractivity contribution in [1.82, 2.24) is 0 Å². The molecule has 94 valence electrons. The standard InChI is InChI=1S/C11H17N3O3/c1-7(6-15)8(2)13-11-4-3-9(14(16)17)5-10(11)12/h3-5,7-8,13,15H,6,12H2,1-2H3. The molecule has 0 aliphatic carbocycles. The van der Waals surface area contributed by atoms with E-state index < -0.39 is 4.92 Å². The normalized spacial score (nSPS) is 14.1. The molecule has 4 N–H and O–H groups in total. The van der Waals surface area contributed by atoms with Crippen LogP contribution < -0.4 is 11.1 Å². The summed E-state index contributed by atoms with van der Waals surface area (Å²) >= 11 is 0. The van der Waals surface area contributed by atoms with Crippen LogP contribution in [-0.4, -0.2) is 22.7 Å². The molecule has 0 aliphatic rings. The number of hydrogen-bond donors (Lipinski definition) is 3. The van der Waals surface area contributed by atoms with Crippen molar-refractivity contribution in [3.8, 4) is 0 Å². The lowest BCUT2D eigenvalue weighted by Gasteiger charge is -2.21. The van der Waals surface area contributed by atoms with Crippen LogP contribution in [0.3, 0.4) is 0 Å². The van der Waals surface area contributed by atoms with Crippen molar-refractivity contribution >= 4 is 17.1 Å². The van der Waals surface area contributed by atoms with Gasteiger partial charge in [0.25, 0.3) is 5.69 Å². The highest BCUT2D eigenvalue weighted by Crippen LogP contribution is 2.25. The van der Waals surface area contributed by atoms with E-state index in [9.17, 15) is 10.1 Å². The molecule has 0 bridgehead atoms. The first-order valence-electron chi connectivity index (χ1n) is 5.37. The summed E-state index contributed by atoms with van der Waals surface area (Å²) in [6.07, 6.45) is 0. The second-order valence-electron chi connectivity index (χ2n) is 4.12. The average molecular weight is 239 g/mol. The van der Waals surface area contributed by atoms with Crippen LogP contribution in [0.25, 0.3) is 0 Å². The Morgan fingerprint density at radius 2 is 2.18 bits per heavy atom. The predicted octanol–water partition coefficient (Wildman–Crippen LogP) is 1.61. The molecule has 0 saturated carbocycles. The van der Waals surface area contributed by atoms with E-state index in [1.165, 1.54) is 12.1 Å². The summed E-state index contributed by atoms with van der Waals surface area (Å²) in [5.74, 6) is 0.0737. The fourth-order valence-electron chi connectivity index (χ4n) is 1.34. The van der Waals surface area contributed by atoms with E-state index in [0.29, 0.717) is 11.4 Å². The lowest BCUT2D eigenvalue weighted by molar-refractivity contribution is -0.384. The van der Waals surface area contributed by atoms with Crippen LogP contribution in [0.4, 0.5) is 17.1 Å². The van der Waals surface area contributed by atoms with E-state index in [1.807, 2.05) is 13.8 Å². The third-order valence-electron chi connectivity index (χ3n) is 2.77. The Hall–Kier alpha value is -1.82. The van der Waals surface area contributed by atoms with Gasteiger partial charge in [0.05, 0.1) is 16.3 Å². The van der Waals surface area contributed by atoms with Gasteiger partial charge in [-0.25, -0.2) is 0 Å². The summed E-state index contributed by atoms with van der Waals surface area (Å²) in [5, 5.41) is 22.7. The van der Waals surface area contributed by atoms with Crippen LogP contribution >= 0.6 is 0 Å². The summed E-state index contributed by atoms with van der Waals surface area (Å²) in [4.78, 5) is 10.1. The van der Waals surface area contributed by atoms with Gasteiger partial charge in [-0.3, -0.25) is 10.1 Å². The topological polar surface area (TPSA) is 101 Å². The number of nitro groups is 1. The third kappa shape index (κ3) is 3.32. The molecule has 0 saturated heterocycles. The van der Waals surface area contributed by atoms with Gasteiger partial charge >= 0.3 is 0 Å². The molecule has 6 nitrogen and oxygen atoms in total. The van der Waals surface area contributed by atoms with Crippen molar-refractivity contribution in [3.63, 3.8) is 0 Å². The van der Waals surface area contributed by atoms with E-state index in [0.717, 1.165) is 0 Å². The number of non-ortho nitro benzene ring substituents is 1. The van der Waals surface area contributed by atoms with Gasteiger partial charge in [-0.1, -0.05) is 6.92 Å². The molecule has 0 amide bonds. The Bertz CT molecular complexity index is 409. The quantitative estimate of drug-likeness (QED) is 0.411. The number of nitrogen functional groups attached to an aromatic ring is 1. The van der Waals surface area contributed by atoms with Crippen LogP contribution in [0.5, 0.6) is 0 Å². The maximum Gasteiger partial charge on any atom is 0.271 e. The highest BCUT2D eigenvalue weighted by Gasteiger charge is 2.14. The van der Waals surface area contributed by atoms with Crippen molar-refractivity contribution in [2.24, 2.45) is 5.92 Å². The molecule has 0 radical (unpaired) electrons. The van der Waals surface area contributed by atoms with Crippen molar-refractivity contribution in [1.29, 1.82) is 0 Å². The zero-order valence-corrected chi connectivity index (χ0v) is 9.88. The van der Waals surface area contributed by atoms with Gasteiger partial charge in [0.1, 0.15) is 0 Å². The molecule has 0 heterocycles. The molecule has 0 fully saturated rings. The number of rotatable bonds is 5. The largest absolute Gasteiger partial charge is 0.397 e. The van der Waals surface area contributed by atoms with Gasteiger partial charge in [0.2, 0.25) is 0 Å². The number of hydrogen-bond acceptors (Lipinski definition) is 5. The van der Waals surface area contributed by atoms with Crippen LogP contribution in [-0.2, 0) is 0 Å². The van der Waals surface area contributed by atoms with Crippen LogP contribution in [0.2, 0.25) is 0 Å². The van der Waals surface area contributed by atoms with Gasteiger partial charge < -0.3 is 16.2 Å². The van der Waals surface area contributed by atoms with Crippen LogP contribution in [0.1, 0.15) is 13.8 Å². The van der Waals surface area contributed by atoms with E-state index >= 15 is 0 Å². The monoisotopic (exact) mass is 239 g/mol. The highest BCUT2D eigenvalue weighted by atomic mass is 16.6. The summed E-state index contributed by atoms with van der Waals surface area (Å²) < 4.78 is 0. The molecule has 0 spiro atoms. The number of nitrogens with zero attached hydrogens (tertiary/aromatic N) is 1. The van der Waals surface area contributed by atoms with Gasteiger partial charge in [0.15, 0.2) is 0 Å². The maximum atomic E-state index is 10.5. The van der Waals surface area contributed by atoms with E-state index in [-0.39, 0.29) is 24.3 Å². The molecule has 6 heteroatoms. The van der Waals surface area contributed by atoms with Gasteiger partial charge in [-0.2, -0.15) is 0 Å². The Morgan fingerprint density at radius 1 is 1.53 bits per heavy atom. The first-order chi connectivity index (χ1) is 7.95. The molecule has 1 aromatic rings. The first kappa shape index (κ1) is 13.2. The van der Waals surface area contributed by atoms with E-state index in [2.05, 4.69) is 5.32 Å². The lowest BCUT2D eigenvalue weighted by Crippen LogP contribution is -2.26. The molecule has 0 aromatic heterocycles. The fraction of sp³-hybridized carbons (Fsp3) is 0.455. The zero-order valence-electron chi connectivity index (χ0n) is 9.88. The summed E-state index contributed by atoms with van der Waals surface area (Å²) in [6, 6.07) is 4.32. The van der Waals surface area contributed by atoms with Gasteiger partial charge in [0, 0.05) is 24.8 Å². The molecule has 1 aromatic carbocycles. The number of nitro benzene ring substituents is 1. The lowest BCUT2D eigenvalue weighted by atomic mass is 10.0. The van der Waals surface area contributed by atoms with Crippen LogP contribution in [0, 0.1) is 16.0 Å². The Kier molecular flexibility index (Phi) is 4.28. The number of aliphatic hydroxyl groups is 1. The van der Waals surface area contributed by atoms with Crippen molar-refractivity contribution in [2.45, 2.75) is 19.9 Å². The molecular weight excluding hydrogens is 222 g/mol. The Morgan fingerprint density at radius 3 is 2.65 bits per heavy atom. The summed E-state index contributed by atoms with van der Waals surface area (Å²) in [7, 11) is 0. The maximum absolute atomic E-state index is 10.5. The third-order valence-corrected chi connectivity index (χ3v) is 2.77. The van der Waals surface area contributed by atoms with E-state index in [1.54, 1.807) is 6.07 Å². The van der Waals surface area contributed by atoms with Crippen molar-refractivity contribution in [3.05, 3.63) is 28.3 Å². The number of nitrogens with two attached hydrogens (primary N) is 1. The molecule has 1 rings (SSSR count). The van der Waals surface area contributed by atoms with Crippen molar-refractivity contribution in [2.75, 3.05) is 17.7 Å². The number of anilines is 2. The highest BCUT2D eigenvalue weighted by molar-refractivity contribution is 5.69. The number of benzene rings is 1.